The number of ether oxygens (including phenoxy) is 3. The average molecular weight is 438 g/mol. The summed E-state index contributed by atoms with van der Waals surface area (Å²) < 4.78 is 15.7. The lowest BCUT2D eigenvalue weighted by molar-refractivity contribution is -0.117. The zero-order valence-electron chi connectivity index (χ0n) is 16.5. The summed E-state index contributed by atoms with van der Waals surface area (Å²) in [4.78, 5) is 26.8. The van der Waals surface area contributed by atoms with Crippen molar-refractivity contribution in [2.24, 2.45) is 0 Å². The highest BCUT2D eigenvalue weighted by Crippen LogP contribution is 2.35. The van der Waals surface area contributed by atoms with Crippen LogP contribution in [0.3, 0.4) is 0 Å². The third-order valence-corrected chi connectivity index (χ3v) is 6.16. The van der Waals surface area contributed by atoms with Gasteiger partial charge in [0.2, 0.25) is 17.8 Å². The van der Waals surface area contributed by atoms with Gasteiger partial charge < -0.3 is 19.1 Å². The zero-order chi connectivity index (χ0) is 21.4. The first kappa shape index (κ1) is 19.3. The van der Waals surface area contributed by atoms with Gasteiger partial charge >= 0.3 is 0 Å². The van der Waals surface area contributed by atoms with E-state index in [0.29, 0.717) is 40.2 Å². The number of fused-ring (bicyclic) bond motifs is 1. The largest absolute Gasteiger partial charge is 0.497 e. The Bertz CT molecular complexity index is 1150. The van der Waals surface area contributed by atoms with Crippen molar-refractivity contribution in [1.82, 2.24) is 10.2 Å². The van der Waals surface area contributed by atoms with Gasteiger partial charge in [-0.25, -0.2) is 0 Å². The molecule has 2 amide bonds. The number of rotatable bonds is 5. The first-order chi connectivity index (χ1) is 15.1. The molecule has 3 aromatic rings. The summed E-state index contributed by atoms with van der Waals surface area (Å²) in [5, 5.41) is 12.1. The molecule has 158 valence electrons. The Labute approximate surface area is 181 Å². The van der Waals surface area contributed by atoms with Gasteiger partial charge in [0.15, 0.2) is 11.5 Å². The fourth-order valence-corrected chi connectivity index (χ4v) is 4.37. The third-order valence-electron chi connectivity index (χ3n) is 5.15. The second-order valence-corrected chi connectivity index (χ2v) is 8.08. The highest BCUT2D eigenvalue weighted by atomic mass is 32.1. The standard InChI is InChI=1S/C21H18N4O5S/c1-28-15-5-3-14(4-6-15)25-10-13(9-18(25)26)20-23-24-21(31-20)22-19(27)12-2-7-16-17(8-12)30-11-29-16/h2-8,13H,9-11H2,1H3,(H,22,24,27). The second-order valence-electron chi connectivity index (χ2n) is 7.07. The van der Waals surface area contributed by atoms with E-state index in [9.17, 15) is 9.59 Å². The van der Waals surface area contributed by atoms with Gasteiger partial charge in [-0.3, -0.25) is 14.9 Å². The fraction of sp³-hybridized carbons (Fsp3) is 0.238. The number of carbonyl (C=O) groups is 2. The Morgan fingerprint density at radius 2 is 1.97 bits per heavy atom. The number of benzene rings is 2. The number of nitrogens with one attached hydrogen (secondary N) is 1. The molecule has 0 saturated carbocycles. The Balaban J connectivity index is 1.26. The molecule has 1 fully saturated rings. The minimum absolute atomic E-state index is 0.0244. The Hall–Kier alpha value is -3.66. The molecule has 1 N–H and O–H groups in total. The van der Waals surface area contributed by atoms with E-state index in [1.165, 1.54) is 11.3 Å². The molecule has 2 aliphatic heterocycles. The number of aromatic nitrogens is 2. The molecular weight excluding hydrogens is 420 g/mol. The number of hydrogen-bond donors (Lipinski definition) is 1. The molecule has 0 radical (unpaired) electrons. The summed E-state index contributed by atoms with van der Waals surface area (Å²) in [6.07, 6.45) is 0.344. The monoisotopic (exact) mass is 438 g/mol. The van der Waals surface area contributed by atoms with Crippen LogP contribution in [0.25, 0.3) is 0 Å². The van der Waals surface area contributed by atoms with Crippen LogP contribution in [-0.2, 0) is 4.79 Å². The van der Waals surface area contributed by atoms with Gasteiger partial charge in [0.25, 0.3) is 5.91 Å². The van der Waals surface area contributed by atoms with Gasteiger partial charge in [0, 0.05) is 30.1 Å². The lowest BCUT2D eigenvalue weighted by atomic mass is 10.1. The lowest BCUT2D eigenvalue weighted by Crippen LogP contribution is -2.24. The Morgan fingerprint density at radius 3 is 2.77 bits per heavy atom. The summed E-state index contributed by atoms with van der Waals surface area (Å²) in [7, 11) is 1.60. The van der Waals surface area contributed by atoms with E-state index in [2.05, 4.69) is 15.5 Å². The number of methoxy groups -OCH3 is 1. The van der Waals surface area contributed by atoms with E-state index in [-0.39, 0.29) is 24.5 Å². The topological polar surface area (TPSA) is 103 Å². The highest BCUT2D eigenvalue weighted by Gasteiger charge is 2.34. The van der Waals surface area contributed by atoms with Crippen LogP contribution in [0.4, 0.5) is 10.8 Å². The maximum atomic E-state index is 12.5. The first-order valence-electron chi connectivity index (χ1n) is 9.59. The third kappa shape index (κ3) is 3.77. The quantitative estimate of drug-likeness (QED) is 0.653. The van der Waals surface area contributed by atoms with Crippen LogP contribution in [0, 0.1) is 0 Å². The number of amides is 2. The van der Waals surface area contributed by atoms with Crippen molar-refractivity contribution in [3.8, 4) is 17.2 Å². The molecule has 1 atom stereocenters. The van der Waals surface area contributed by atoms with E-state index in [1.54, 1.807) is 30.2 Å². The summed E-state index contributed by atoms with van der Waals surface area (Å²) >= 11 is 1.27. The molecule has 0 spiro atoms. The minimum Gasteiger partial charge on any atom is -0.497 e. The van der Waals surface area contributed by atoms with Crippen molar-refractivity contribution >= 4 is 34.0 Å². The van der Waals surface area contributed by atoms with Crippen molar-refractivity contribution in [2.45, 2.75) is 12.3 Å². The Kier molecular flexibility index (Phi) is 4.91. The smallest absolute Gasteiger partial charge is 0.257 e. The molecule has 2 aliphatic rings. The zero-order valence-corrected chi connectivity index (χ0v) is 17.3. The molecule has 0 aliphatic carbocycles. The van der Waals surface area contributed by atoms with E-state index < -0.39 is 0 Å². The van der Waals surface area contributed by atoms with Crippen molar-refractivity contribution in [3.05, 3.63) is 53.0 Å². The first-order valence-corrected chi connectivity index (χ1v) is 10.4. The van der Waals surface area contributed by atoms with Crippen LogP contribution in [0.5, 0.6) is 17.2 Å². The van der Waals surface area contributed by atoms with Gasteiger partial charge in [-0.05, 0) is 42.5 Å². The van der Waals surface area contributed by atoms with Gasteiger partial charge in [0.1, 0.15) is 10.8 Å². The molecule has 31 heavy (non-hydrogen) atoms. The maximum Gasteiger partial charge on any atom is 0.257 e. The second kappa shape index (κ2) is 7.88. The van der Waals surface area contributed by atoms with Crippen LogP contribution in [0.1, 0.15) is 27.7 Å². The van der Waals surface area contributed by atoms with E-state index in [4.69, 9.17) is 14.2 Å². The van der Waals surface area contributed by atoms with Gasteiger partial charge in [0.05, 0.1) is 7.11 Å². The molecule has 3 heterocycles. The molecule has 1 unspecified atom stereocenters. The summed E-state index contributed by atoms with van der Waals surface area (Å²) in [5.74, 6) is 1.51. The summed E-state index contributed by atoms with van der Waals surface area (Å²) in [5.41, 5.74) is 1.25. The predicted molar refractivity (Wildman–Crippen MR) is 113 cm³/mol. The number of nitrogens with zero attached hydrogens (tertiary/aromatic N) is 3. The SMILES string of the molecule is COc1ccc(N2CC(c3nnc(NC(=O)c4ccc5c(c4)OCO5)s3)CC2=O)cc1. The van der Waals surface area contributed by atoms with Crippen molar-refractivity contribution in [2.75, 3.05) is 30.7 Å². The summed E-state index contributed by atoms with van der Waals surface area (Å²) in [6.45, 7) is 0.656. The number of carbonyl (C=O) groups excluding carboxylic acids is 2. The van der Waals surface area contributed by atoms with Crippen LogP contribution >= 0.6 is 11.3 Å². The molecule has 5 rings (SSSR count). The van der Waals surface area contributed by atoms with E-state index >= 15 is 0 Å². The molecule has 10 heteroatoms. The normalized spacial score (nSPS) is 17.1. The van der Waals surface area contributed by atoms with Crippen LogP contribution < -0.4 is 24.4 Å². The van der Waals surface area contributed by atoms with Crippen LogP contribution in [0.2, 0.25) is 0 Å². The molecule has 1 saturated heterocycles. The Morgan fingerprint density at radius 1 is 1.16 bits per heavy atom. The average Bonchev–Trinajstić information content (AvgIpc) is 3.53. The van der Waals surface area contributed by atoms with Crippen LogP contribution in [0.15, 0.2) is 42.5 Å². The lowest BCUT2D eigenvalue weighted by Gasteiger charge is -2.16. The highest BCUT2D eigenvalue weighted by molar-refractivity contribution is 7.15. The molecule has 0 bridgehead atoms. The molecule has 9 nitrogen and oxygen atoms in total. The number of anilines is 2. The van der Waals surface area contributed by atoms with Gasteiger partial charge in [-0.15, -0.1) is 10.2 Å². The maximum absolute atomic E-state index is 12.5. The molecular formula is C21H18N4O5S. The minimum atomic E-state index is -0.316. The molecule has 2 aromatic carbocycles. The van der Waals surface area contributed by atoms with Crippen molar-refractivity contribution in [3.63, 3.8) is 0 Å². The molecule has 1 aromatic heterocycles. The predicted octanol–water partition coefficient (Wildman–Crippen LogP) is 3.05. The van der Waals surface area contributed by atoms with Crippen molar-refractivity contribution in [1.29, 1.82) is 0 Å². The van der Waals surface area contributed by atoms with Crippen molar-refractivity contribution < 1.29 is 23.8 Å². The van der Waals surface area contributed by atoms with Gasteiger partial charge in [-0.1, -0.05) is 11.3 Å². The fourth-order valence-electron chi connectivity index (χ4n) is 3.54. The summed E-state index contributed by atoms with van der Waals surface area (Å²) in [6, 6.07) is 12.3. The van der Waals surface area contributed by atoms with Gasteiger partial charge in [-0.2, -0.15) is 0 Å². The number of hydrogen-bond acceptors (Lipinski definition) is 8. The van der Waals surface area contributed by atoms with Crippen LogP contribution in [-0.4, -0.2) is 42.5 Å². The van der Waals surface area contributed by atoms with E-state index in [1.807, 2.05) is 24.3 Å². The van der Waals surface area contributed by atoms with E-state index in [0.717, 1.165) is 11.4 Å².